The number of aryl methyl sites for hydroxylation is 1. The molecule has 0 saturated heterocycles. The van der Waals surface area contributed by atoms with E-state index >= 15 is 0 Å². The van der Waals surface area contributed by atoms with Gasteiger partial charge in [-0.25, -0.2) is 4.79 Å². The molecule has 0 aliphatic heterocycles. The second-order valence-electron chi connectivity index (χ2n) is 6.96. The number of alkyl carbamates (subject to hydrolysis) is 1. The van der Waals surface area contributed by atoms with Crippen LogP contribution in [-0.2, 0) is 32.1 Å². The smallest absolute Gasteiger partial charge is 0.407 e. The van der Waals surface area contributed by atoms with Crippen LogP contribution in [0.5, 0.6) is 0 Å². The quantitative estimate of drug-likeness (QED) is 0.347. The Morgan fingerprint density at radius 1 is 1.03 bits per heavy atom. The summed E-state index contributed by atoms with van der Waals surface area (Å²) in [6.45, 7) is 0.550. The van der Waals surface area contributed by atoms with Gasteiger partial charge in [0.05, 0.1) is 13.2 Å². The number of hydrogen-bond donors (Lipinski definition) is 3. The molecule has 2 amide bonds. The van der Waals surface area contributed by atoms with Gasteiger partial charge in [-0.2, -0.15) is 0 Å². The Morgan fingerprint density at radius 2 is 1.72 bits per heavy atom. The summed E-state index contributed by atoms with van der Waals surface area (Å²) in [5.41, 5.74) is 8.34. The lowest BCUT2D eigenvalue weighted by molar-refractivity contribution is -0.140. The molecule has 2 rings (SSSR count). The maximum absolute atomic E-state index is 12.4. The number of amides is 2. The summed E-state index contributed by atoms with van der Waals surface area (Å²) >= 11 is 0. The zero-order valence-corrected chi connectivity index (χ0v) is 18.9. The van der Waals surface area contributed by atoms with Crippen LogP contribution in [0.1, 0.15) is 30.4 Å². The Hall–Kier alpha value is -3.10. The minimum atomic E-state index is -0.726. The lowest BCUT2D eigenvalue weighted by atomic mass is 10.1. The molecule has 0 fully saturated rings. The fraction of sp³-hybridized carbons (Fsp3) is 0.348. The van der Waals surface area contributed by atoms with Crippen molar-refractivity contribution >= 4 is 36.1 Å². The first-order valence-corrected chi connectivity index (χ1v) is 10.2. The van der Waals surface area contributed by atoms with E-state index in [1.165, 1.54) is 7.11 Å². The van der Waals surface area contributed by atoms with Gasteiger partial charge in [0.2, 0.25) is 5.91 Å². The van der Waals surface area contributed by atoms with E-state index in [-0.39, 0.29) is 37.3 Å². The van der Waals surface area contributed by atoms with Crippen LogP contribution in [0, 0.1) is 0 Å². The number of rotatable bonds is 11. The third-order valence-electron chi connectivity index (χ3n) is 4.61. The van der Waals surface area contributed by atoms with E-state index in [9.17, 15) is 14.4 Å². The molecule has 32 heavy (non-hydrogen) atoms. The van der Waals surface area contributed by atoms with Gasteiger partial charge >= 0.3 is 12.1 Å². The van der Waals surface area contributed by atoms with E-state index in [1.807, 2.05) is 42.5 Å². The summed E-state index contributed by atoms with van der Waals surface area (Å²) in [5, 5.41) is 5.46. The van der Waals surface area contributed by atoms with Crippen LogP contribution in [0.2, 0.25) is 0 Å². The topological polar surface area (TPSA) is 120 Å². The molecule has 0 saturated carbocycles. The zero-order chi connectivity index (χ0) is 22.5. The van der Waals surface area contributed by atoms with Crippen LogP contribution in [0.25, 0.3) is 0 Å². The monoisotopic (exact) mass is 463 g/mol. The predicted octanol–water partition coefficient (Wildman–Crippen LogP) is 3.19. The van der Waals surface area contributed by atoms with E-state index in [1.54, 1.807) is 12.1 Å². The first-order valence-electron chi connectivity index (χ1n) is 10.2. The van der Waals surface area contributed by atoms with Crippen LogP contribution >= 0.6 is 12.4 Å². The molecule has 0 heterocycles. The molecule has 4 N–H and O–H groups in total. The first-order chi connectivity index (χ1) is 15.0. The highest BCUT2D eigenvalue weighted by atomic mass is 35.5. The highest BCUT2D eigenvalue weighted by Crippen LogP contribution is 2.17. The molecule has 0 spiro atoms. The Bertz CT molecular complexity index is 864. The minimum absolute atomic E-state index is 0. The van der Waals surface area contributed by atoms with Gasteiger partial charge in [0.15, 0.2) is 0 Å². The summed E-state index contributed by atoms with van der Waals surface area (Å²) in [6, 6.07) is 15.9. The van der Waals surface area contributed by atoms with Crippen LogP contribution < -0.4 is 16.4 Å². The number of methoxy groups -OCH3 is 1. The standard InChI is InChI=1S/C23H29N3O5.ClH/c1-30-21(27)14-13-18-10-5-6-12-20(18)26-22(28)19(24)11-7-15-25-23(29)31-16-17-8-3-2-4-9-17;/h2-6,8-10,12,19H,7,11,13-16,24H2,1H3,(H,25,29)(H,26,28);1H/t19-;/m0./s1. The Kier molecular flexibility index (Phi) is 12.5. The van der Waals surface area contributed by atoms with Crippen molar-refractivity contribution in [2.24, 2.45) is 5.73 Å². The van der Waals surface area contributed by atoms with Crippen LogP contribution in [0.4, 0.5) is 10.5 Å². The third-order valence-corrected chi connectivity index (χ3v) is 4.61. The summed E-state index contributed by atoms with van der Waals surface area (Å²) in [7, 11) is 1.34. The molecule has 0 unspecified atom stereocenters. The largest absolute Gasteiger partial charge is 0.469 e. The van der Waals surface area contributed by atoms with Crippen LogP contribution in [0.3, 0.4) is 0 Å². The number of esters is 1. The van der Waals surface area contributed by atoms with E-state index in [0.29, 0.717) is 31.5 Å². The lowest BCUT2D eigenvalue weighted by Crippen LogP contribution is -2.36. The number of hydrogen-bond acceptors (Lipinski definition) is 6. The number of ether oxygens (including phenoxy) is 2. The molecule has 0 bridgehead atoms. The van der Waals surface area contributed by atoms with E-state index in [0.717, 1.165) is 11.1 Å². The van der Waals surface area contributed by atoms with Crippen molar-refractivity contribution in [2.45, 2.75) is 38.3 Å². The average molecular weight is 464 g/mol. The summed E-state index contributed by atoms with van der Waals surface area (Å²) in [6.07, 6.45) is 1.09. The number of anilines is 1. The molecule has 0 radical (unpaired) electrons. The van der Waals surface area contributed by atoms with Crippen molar-refractivity contribution in [1.82, 2.24) is 5.32 Å². The average Bonchev–Trinajstić information content (AvgIpc) is 2.80. The van der Waals surface area contributed by atoms with Crippen molar-refractivity contribution in [3.05, 3.63) is 65.7 Å². The Labute approximate surface area is 194 Å². The molecule has 1 atom stereocenters. The number of carbonyl (C=O) groups is 3. The summed E-state index contributed by atoms with van der Waals surface area (Å²) in [4.78, 5) is 35.5. The number of para-hydroxylation sites is 1. The molecule has 0 aliphatic carbocycles. The zero-order valence-electron chi connectivity index (χ0n) is 18.0. The van der Waals surface area contributed by atoms with Crippen molar-refractivity contribution < 1.29 is 23.9 Å². The van der Waals surface area contributed by atoms with Crippen molar-refractivity contribution in [3.8, 4) is 0 Å². The summed E-state index contributed by atoms with van der Waals surface area (Å²) < 4.78 is 9.78. The molecular formula is C23H30ClN3O5. The van der Waals surface area contributed by atoms with Crippen molar-refractivity contribution in [1.29, 1.82) is 0 Å². The molecule has 0 aromatic heterocycles. The summed E-state index contributed by atoms with van der Waals surface area (Å²) in [5.74, 6) is -0.634. The first kappa shape index (κ1) is 26.9. The fourth-order valence-corrected chi connectivity index (χ4v) is 2.84. The molecule has 8 nitrogen and oxygen atoms in total. The molecule has 9 heteroatoms. The van der Waals surface area contributed by atoms with E-state index < -0.39 is 12.1 Å². The number of carbonyl (C=O) groups excluding carboxylic acids is 3. The van der Waals surface area contributed by atoms with Gasteiger partial charge in [-0.1, -0.05) is 48.5 Å². The Morgan fingerprint density at radius 3 is 2.44 bits per heavy atom. The second-order valence-corrected chi connectivity index (χ2v) is 6.96. The highest BCUT2D eigenvalue weighted by Gasteiger charge is 2.15. The number of halogens is 1. The van der Waals surface area contributed by atoms with Gasteiger partial charge < -0.3 is 25.8 Å². The van der Waals surface area contributed by atoms with E-state index in [4.69, 9.17) is 10.5 Å². The third kappa shape index (κ3) is 9.80. The minimum Gasteiger partial charge on any atom is -0.469 e. The maximum Gasteiger partial charge on any atom is 0.407 e. The maximum atomic E-state index is 12.4. The SMILES string of the molecule is COC(=O)CCc1ccccc1NC(=O)[C@@H](N)CCCNC(=O)OCc1ccccc1.Cl. The normalized spacial score (nSPS) is 10.9. The molecular weight excluding hydrogens is 434 g/mol. The molecule has 174 valence electrons. The number of nitrogens with one attached hydrogen (secondary N) is 2. The number of nitrogens with two attached hydrogens (primary N) is 1. The van der Waals surface area contributed by atoms with Gasteiger partial charge in [-0.15, -0.1) is 12.4 Å². The Balaban J connectivity index is 0.00000512. The van der Waals surface area contributed by atoms with Crippen molar-refractivity contribution in [2.75, 3.05) is 19.0 Å². The van der Waals surface area contributed by atoms with Gasteiger partial charge in [-0.3, -0.25) is 9.59 Å². The predicted molar refractivity (Wildman–Crippen MR) is 124 cm³/mol. The highest BCUT2D eigenvalue weighted by molar-refractivity contribution is 5.95. The molecule has 2 aromatic carbocycles. The fourth-order valence-electron chi connectivity index (χ4n) is 2.84. The second kappa shape index (κ2) is 14.8. The molecule has 2 aromatic rings. The van der Waals surface area contributed by atoms with Crippen LogP contribution in [0.15, 0.2) is 54.6 Å². The number of benzene rings is 2. The van der Waals surface area contributed by atoms with Gasteiger partial charge in [0.25, 0.3) is 0 Å². The van der Waals surface area contributed by atoms with E-state index in [2.05, 4.69) is 15.4 Å². The van der Waals surface area contributed by atoms with Crippen molar-refractivity contribution in [3.63, 3.8) is 0 Å². The van der Waals surface area contributed by atoms with Gasteiger partial charge in [0, 0.05) is 18.7 Å². The van der Waals surface area contributed by atoms with Gasteiger partial charge in [0.1, 0.15) is 6.61 Å². The lowest BCUT2D eigenvalue weighted by Gasteiger charge is -2.15. The molecule has 0 aliphatic rings. The van der Waals surface area contributed by atoms with Crippen LogP contribution in [-0.4, -0.2) is 37.7 Å². The van der Waals surface area contributed by atoms with Gasteiger partial charge in [-0.05, 0) is 36.5 Å².